The second-order valence-corrected chi connectivity index (χ2v) is 4.80. The third-order valence-corrected chi connectivity index (χ3v) is 3.30. The first-order valence-corrected chi connectivity index (χ1v) is 6.08. The standard InChI is InChI=1S/C15H14F3NO/c1-9-4-5-14(13(6-9)15(16,17)18)19-10(2)7-12(8-20)11(19)3/h4-8H,1-3H3. The Morgan fingerprint density at radius 2 is 1.75 bits per heavy atom. The molecule has 0 bridgehead atoms. The van der Waals surface area contributed by atoms with E-state index in [2.05, 4.69) is 0 Å². The number of aryl methyl sites for hydroxylation is 2. The van der Waals surface area contributed by atoms with Crippen molar-refractivity contribution in [3.63, 3.8) is 0 Å². The van der Waals surface area contributed by atoms with Crippen molar-refractivity contribution < 1.29 is 18.0 Å². The van der Waals surface area contributed by atoms with Gasteiger partial charge >= 0.3 is 6.18 Å². The Hall–Kier alpha value is -2.04. The van der Waals surface area contributed by atoms with Crippen molar-refractivity contribution in [2.45, 2.75) is 26.9 Å². The van der Waals surface area contributed by atoms with Crippen molar-refractivity contribution in [1.82, 2.24) is 4.57 Å². The van der Waals surface area contributed by atoms with Gasteiger partial charge in [-0.05, 0) is 39.0 Å². The van der Waals surface area contributed by atoms with E-state index in [1.54, 1.807) is 32.9 Å². The first-order chi connectivity index (χ1) is 9.25. The zero-order valence-corrected chi connectivity index (χ0v) is 11.4. The molecule has 0 atom stereocenters. The molecule has 0 aliphatic heterocycles. The average molecular weight is 281 g/mol. The van der Waals surface area contributed by atoms with Crippen molar-refractivity contribution in [2.75, 3.05) is 0 Å². The Morgan fingerprint density at radius 1 is 1.10 bits per heavy atom. The predicted molar refractivity (Wildman–Crippen MR) is 70.4 cm³/mol. The Balaban J connectivity index is 2.77. The van der Waals surface area contributed by atoms with Crippen LogP contribution in [0, 0.1) is 20.8 Å². The lowest BCUT2D eigenvalue weighted by atomic mass is 10.1. The van der Waals surface area contributed by atoms with Crippen molar-refractivity contribution in [3.05, 3.63) is 52.3 Å². The van der Waals surface area contributed by atoms with E-state index in [1.807, 2.05) is 0 Å². The van der Waals surface area contributed by atoms with Crippen LogP contribution in [-0.4, -0.2) is 10.9 Å². The largest absolute Gasteiger partial charge is 0.418 e. The fourth-order valence-electron chi connectivity index (χ4n) is 2.35. The van der Waals surface area contributed by atoms with Crippen LogP contribution in [0.15, 0.2) is 24.3 Å². The van der Waals surface area contributed by atoms with Crippen LogP contribution < -0.4 is 0 Å². The van der Waals surface area contributed by atoms with Crippen LogP contribution in [0.1, 0.15) is 32.9 Å². The summed E-state index contributed by atoms with van der Waals surface area (Å²) >= 11 is 0. The van der Waals surface area contributed by atoms with Crippen LogP contribution >= 0.6 is 0 Å². The predicted octanol–water partition coefficient (Wildman–Crippen LogP) is 4.23. The van der Waals surface area contributed by atoms with E-state index in [9.17, 15) is 18.0 Å². The van der Waals surface area contributed by atoms with E-state index in [0.29, 0.717) is 28.8 Å². The molecule has 1 aromatic carbocycles. The Morgan fingerprint density at radius 3 is 2.25 bits per heavy atom. The molecule has 106 valence electrons. The number of benzene rings is 1. The van der Waals surface area contributed by atoms with Gasteiger partial charge in [-0.1, -0.05) is 11.6 Å². The summed E-state index contributed by atoms with van der Waals surface area (Å²) in [5.74, 6) is 0. The summed E-state index contributed by atoms with van der Waals surface area (Å²) in [6.07, 6.45) is -3.79. The fraction of sp³-hybridized carbons (Fsp3) is 0.267. The SMILES string of the molecule is Cc1ccc(-n2c(C)cc(C=O)c2C)c(C(F)(F)F)c1. The van der Waals surface area contributed by atoms with Crippen LogP contribution in [-0.2, 0) is 6.18 Å². The highest BCUT2D eigenvalue weighted by molar-refractivity contribution is 5.77. The van der Waals surface area contributed by atoms with Gasteiger partial charge in [0.25, 0.3) is 0 Å². The Labute approximate surface area is 114 Å². The zero-order chi connectivity index (χ0) is 15.1. The van der Waals surface area contributed by atoms with Crippen LogP contribution in [0.25, 0.3) is 5.69 Å². The smallest absolute Gasteiger partial charge is 0.317 e. The molecular weight excluding hydrogens is 267 g/mol. The molecule has 0 spiro atoms. The Kier molecular flexibility index (Phi) is 3.46. The molecule has 1 aromatic heterocycles. The number of carbonyl (C=O) groups is 1. The minimum absolute atomic E-state index is 0.0474. The van der Waals surface area contributed by atoms with Crippen molar-refractivity contribution in [1.29, 1.82) is 0 Å². The topological polar surface area (TPSA) is 22.0 Å². The lowest BCUT2D eigenvalue weighted by molar-refractivity contribution is -0.137. The number of rotatable bonds is 2. The minimum atomic E-state index is -4.44. The molecule has 0 aliphatic carbocycles. The summed E-state index contributed by atoms with van der Waals surface area (Å²) in [5, 5.41) is 0. The molecule has 0 saturated carbocycles. The quantitative estimate of drug-likeness (QED) is 0.755. The van der Waals surface area contributed by atoms with Gasteiger partial charge < -0.3 is 4.57 Å². The van der Waals surface area contributed by atoms with Crippen molar-refractivity contribution in [2.24, 2.45) is 0 Å². The summed E-state index contributed by atoms with van der Waals surface area (Å²) in [6.45, 7) is 4.93. The van der Waals surface area contributed by atoms with Crippen LogP contribution in [0.5, 0.6) is 0 Å². The first-order valence-electron chi connectivity index (χ1n) is 6.08. The number of hydrogen-bond acceptors (Lipinski definition) is 1. The number of aromatic nitrogens is 1. The second-order valence-electron chi connectivity index (χ2n) is 4.80. The molecule has 0 unspecified atom stereocenters. The molecule has 0 amide bonds. The third kappa shape index (κ3) is 2.35. The van der Waals surface area contributed by atoms with E-state index < -0.39 is 11.7 Å². The molecule has 0 radical (unpaired) electrons. The monoisotopic (exact) mass is 281 g/mol. The van der Waals surface area contributed by atoms with Crippen LogP contribution in [0.4, 0.5) is 13.2 Å². The molecular formula is C15H14F3NO. The summed E-state index contributed by atoms with van der Waals surface area (Å²) in [6, 6.07) is 5.77. The summed E-state index contributed by atoms with van der Waals surface area (Å²) in [7, 11) is 0. The van der Waals surface area contributed by atoms with Gasteiger partial charge in [-0.25, -0.2) is 0 Å². The highest BCUT2D eigenvalue weighted by Crippen LogP contribution is 2.36. The zero-order valence-electron chi connectivity index (χ0n) is 11.4. The molecule has 0 N–H and O–H groups in total. The van der Waals surface area contributed by atoms with Crippen molar-refractivity contribution in [3.8, 4) is 5.69 Å². The highest BCUT2D eigenvalue weighted by Gasteiger charge is 2.34. The van der Waals surface area contributed by atoms with E-state index in [1.165, 1.54) is 10.6 Å². The fourth-order valence-corrected chi connectivity index (χ4v) is 2.35. The average Bonchev–Trinajstić information content (AvgIpc) is 2.64. The highest BCUT2D eigenvalue weighted by atomic mass is 19.4. The van der Waals surface area contributed by atoms with Crippen LogP contribution in [0.2, 0.25) is 0 Å². The van der Waals surface area contributed by atoms with E-state index in [0.717, 1.165) is 6.07 Å². The van der Waals surface area contributed by atoms with E-state index in [4.69, 9.17) is 0 Å². The normalized spacial score (nSPS) is 11.7. The number of alkyl halides is 3. The first kappa shape index (κ1) is 14.4. The van der Waals surface area contributed by atoms with Crippen molar-refractivity contribution >= 4 is 6.29 Å². The van der Waals surface area contributed by atoms with Gasteiger partial charge in [0, 0.05) is 17.0 Å². The maximum Gasteiger partial charge on any atom is 0.418 e. The van der Waals surface area contributed by atoms with Gasteiger partial charge in [-0.2, -0.15) is 13.2 Å². The summed E-state index contributed by atoms with van der Waals surface area (Å²) < 4.78 is 41.0. The molecule has 5 heteroatoms. The maximum atomic E-state index is 13.2. The molecule has 0 saturated heterocycles. The maximum absolute atomic E-state index is 13.2. The number of halogens is 3. The number of carbonyl (C=O) groups excluding carboxylic acids is 1. The van der Waals surface area contributed by atoms with Gasteiger partial charge in [0.1, 0.15) is 0 Å². The second kappa shape index (κ2) is 4.81. The summed E-state index contributed by atoms with van der Waals surface area (Å²) in [5.41, 5.74) is 1.39. The summed E-state index contributed by atoms with van der Waals surface area (Å²) in [4.78, 5) is 10.9. The van der Waals surface area contributed by atoms with Gasteiger partial charge in [0.05, 0.1) is 11.3 Å². The van der Waals surface area contributed by atoms with Gasteiger partial charge in [-0.3, -0.25) is 4.79 Å². The molecule has 2 nitrogen and oxygen atoms in total. The van der Waals surface area contributed by atoms with Crippen LogP contribution in [0.3, 0.4) is 0 Å². The van der Waals surface area contributed by atoms with Gasteiger partial charge in [0.15, 0.2) is 6.29 Å². The molecule has 2 rings (SSSR count). The molecule has 0 aliphatic rings. The molecule has 1 heterocycles. The molecule has 2 aromatic rings. The number of hydrogen-bond donors (Lipinski definition) is 0. The van der Waals surface area contributed by atoms with Gasteiger partial charge in [-0.15, -0.1) is 0 Å². The van der Waals surface area contributed by atoms with Gasteiger partial charge in [0.2, 0.25) is 0 Å². The lowest BCUT2D eigenvalue weighted by Gasteiger charge is -2.17. The Bertz CT molecular complexity index is 668. The number of aldehydes is 1. The molecule has 0 fully saturated rings. The lowest BCUT2D eigenvalue weighted by Crippen LogP contribution is -2.12. The minimum Gasteiger partial charge on any atom is -0.317 e. The van der Waals surface area contributed by atoms with E-state index in [-0.39, 0.29) is 5.69 Å². The third-order valence-electron chi connectivity index (χ3n) is 3.30. The van der Waals surface area contributed by atoms with E-state index >= 15 is 0 Å². The molecule has 20 heavy (non-hydrogen) atoms. The number of nitrogens with zero attached hydrogens (tertiary/aromatic N) is 1.